The van der Waals surface area contributed by atoms with Crippen LogP contribution in [0, 0.1) is 0 Å². The predicted octanol–water partition coefficient (Wildman–Crippen LogP) is 0.632. The lowest BCUT2D eigenvalue weighted by Gasteiger charge is -2.31. The maximum absolute atomic E-state index is 10.6. The van der Waals surface area contributed by atoms with E-state index in [1.165, 1.54) is 0 Å². The van der Waals surface area contributed by atoms with Gasteiger partial charge in [-0.05, 0) is 13.8 Å². The quantitative estimate of drug-likeness (QED) is 0.500. The molecule has 0 aromatic heterocycles. The fraction of sp³-hybridized carbons (Fsp3) is 0.833. The highest BCUT2D eigenvalue weighted by Gasteiger charge is 2.41. The van der Waals surface area contributed by atoms with E-state index in [2.05, 4.69) is 0 Å². The fourth-order valence-electron chi connectivity index (χ4n) is 0.254. The molecule has 0 aromatic rings. The Kier molecular flexibility index (Phi) is 2.54. The van der Waals surface area contributed by atoms with E-state index < -0.39 is 15.9 Å². The van der Waals surface area contributed by atoms with Crippen LogP contribution >= 0.6 is 11.6 Å². The minimum atomic E-state index is -0.806. The van der Waals surface area contributed by atoms with Crippen LogP contribution in [0.5, 0.6) is 0 Å². The maximum atomic E-state index is 10.6. The van der Waals surface area contributed by atoms with Gasteiger partial charge in [-0.15, -0.1) is 11.6 Å². The minimum Gasteiger partial charge on any atom is -0.481 e. The van der Waals surface area contributed by atoms with Gasteiger partial charge in [0.2, 0.25) is 0 Å². The summed E-state index contributed by atoms with van der Waals surface area (Å²) in [6, 6.07) is 0. The molecule has 0 saturated carbocycles. The molecule has 0 bridgehead atoms. The molecule has 0 aliphatic heterocycles. The molecule has 0 fully saturated rings. The second-order valence-electron chi connectivity index (χ2n) is 3.40. The molecule has 4 heteroatoms. The number of carboxylic acids is 1. The van der Waals surface area contributed by atoms with Crippen molar-refractivity contribution in [2.24, 2.45) is 0 Å². The molecule has 0 heterocycles. The predicted molar refractivity (Wildman–Crippen MR) is 45.9 cm³/mol. The van der Waals surface area contributed by atoms with E-state index in [0.29, 0.717) is 10.2 Å². The number of rotatable bonds is 2. The van der Waals surface area contributed by atoms with E-state index in [9.17, 15) is 4.79 Å². The van der Waals surface area contributed by atoms with Crippen LogP contribution in [0.1, 0.15) is 20.8 Å². The van der Waals surface area contributed by atoms with Gasteiger partial charge in [-0.3, -0.25) is 4.79 Å². The minimum absolute atomic E-state index is 0.560. The molecule has 0 aliphatic rings. The molecular weight excluding hydrogens is 168 g/mol. The third kappa shape index (κ3) is 1.73. The van der Waals surface area contributed by atoms with Crippen LogP contribution in [-0.4, -0.2) is 26.2 Å². The van der Waals surface area contributed by atoms with Crippen molar-refractivity contribution in [1.82, 2.24) is 0 Å². The first-order chi connectivity index (χ1) is 4.19. The largest absolute Gasteiger partial charge is 0.481 e. The van der Waals surface area contributed by atoms with Gasteiger partial charge in [0, 0.05) is 10.2 Å². The summed E-state index contributed by atoms with van der Waals surface area (Å²) in [6.07, 6.45) is 0. The molecule has 0 saturated heterocycles. The van der Waals surface area contributed by atoms with Crippen molar-refractivity contribution in [3.8, 4) is 0 Å². The summed E-state index contributed by atoms with van der Waals surface area (Å²) >= 11 is 5.87. The lowest BCUT2D eigenvalue weighted by Crippen LogP contribution is -2.37. The van der Waals surface area contributed by atoms with Gasteiger partial charge in [-0.25, -0.2) is 0 Å². The lowest BCUT2D eigenvalue weighted by atomic mass is 9.96. The Hall–Kier alpha value is -0.0231. The normalized spacial score (nSPS) is 18.4. The molecule has 1 atom stereocenters. The van der Waals surface area contributed by atoms with Gasteiger partial charge in [0.15, 0.2) is 0 Å². The number of hydrogen-bond acceptors (Lipinski definition) is 1. The second kappa shape index (κ2) is 2.55. The van der Waals surface area contributed by atoms with E-state index in [4.69, 9.17) is 16.7 Å². The van der Waals surface area contributed by atoms with Crippen LogP contribution in [0.25, 0.3) is 0 Å². The molecular formula is C6H13ClO2Si. The van der Waals surface area contributed by atoms with E-state index in [1.807, 2.05) is 0 Å². The number of carboxylic acid groups (broad SMARTS) is 1. The van der Waals surface area contributed by atoms with Crippen LogP contribution in [0.2, 0.25) is 5.04 Å². The number of hydrogen-bond donors (Lipinski definition) is 1. The summed E-state index contributed by atoms with van der Waals surface area (Å²) in [5.41, 5.74) is 0. The van der Waals surface area contributed by atoms with Crippen molar-refractivity contribution < 1.29 is 9.90 Å². The van der Waals surface area contributed by atoms with Gasteiger partial charge in [-0.2, -0.15) is 0 Å². The Labute approximate surface area is 69.0 Å². The standard InChI is InChI=1S/C6H13ClO2Si/c1-5(2,7)6(3,10)4(8)9/h1-3,10H3,(H,8,9). The molecule has 0 spiro atoms. The summed E-state index contributed by atoms with van der Waals surface area (Å²) in [5, 5.41) is 7.99. The van der Waals surface area contributed by atoms with Gasteiger partial charge in [0.05, 0.1) is 9.91 Å². The molecule has 0 amide bonds. The number of aliphatic carboxylic acids is 1. The molecule has 0 aliphatic carbocycles. The van der Waals surface area contributed by atoms with Crippen molar-refractivity contribution in [2.45, 2.75) is 30.7 Å². The zero-order chi connectivity index (χ0) is 8.58. The Bertz CT molecular complexity index is 148. The Balaban J connectivity index is 4.57. The molecule has 0 rings (SSSR count). The van der Waals surface area contributed by atoms with Gasteiger partial charge in [0.1, 0.15) is 0 Å². The van der Waals surface area contributed by atoms with Crippen molar-refractivity contribution >= 4 is 27.8 Å². The molecule has 60 valence electrons. The van der Waals surface area contributed by atoms with Gasteiger partial charge in [0.25, 0.3) is 0 Å². The second-order valence-corrected chi connectivity index (χ2v) is 6.35. The van der Waals surface area contributed by atoms with E-state index >= 15 is 0 Å². The molecule has 0 aromatic carbocycles. The van der Waals surface area contributed by atoms with Crippen LogP contribution in [0.15, 0.2) is 0 Å². The van der Waals surface area contributed by atoms with Gasteiger partial charge >= 0.3 is 5.97 Å². The summed E-state index contributed by atoms with van der Waals surface area (Å²) in [7, 11) is 0.560. The number of carbonyl (C=O) groups is 1. The Morgan fingerprint density at radius 3 is 1.80 bits per heavy atom. The third-order valence-corrected chi connectivity index (χ3v) is 4.49. The highest BCUT2D eigenvalue weighted by Crippen LogP contribution is 2.40. The highest BCUT2D eigenvalue weighted by atomic mass is 35.5. The maximum Gasteiger partial charge on any atom is 0.307 e. The van der Waals surface area contributed by atoms with E-state index in [-0.39, 0.29) is 0 Å². The zero-order valence-corrected chi connectivity index (χ0v) is 9.49. The Morgan fingerprint density at radius 2 is 1.80 bits per heavy atom. The van der Waals surface area contributed by atoms with Gasteiger partial charge in [-0.1, -0.05) is 6.92 Å². The molecule has 1 unspecified atom stereocenters. The average molecular weight is 181 g/mol. The van der Waals surface area contributed by atoms with Crippen LogP contribution < -0.4 is 0 Å². The summed E-state index contributed by atoms with van der Waals surface area (Å²) in [6.45, 7) is 5.14. The van der Waals surface area contributed by atoms with E-state index in [1.54, 1.807) is 20.8 Å². The first kappa shape index (κ1) is 9.98. The van der Waals surface area contributed by atoms with Crippen LogP contribution in [-0.2, 0) is 4.79 Å². The van der Waals surface area contributed by atoms with Crippen LogP contribution in [0.3, 0.4) is 0 Å². The number of halogens is 1. The van der Waals surface area contributed by atoms with Gasteiger partial charge < -0.3 is 5.11 Å². The molecule has 0 radical (unpaired) electrons. The van der Waals surface area contributed by atoms with E-state index in [0.717, 1.165) is 0 Å². The zero-order valence-electron chi connectivity index (χ0n) is 6.73. The monoisotopic (exact) mass is 180 g/mol. The summed E-state index contributed by atoms with van der Waals surface area (Å²) < 4.78 is 0. The van der Waals surface area contributed by atoms with Crippen LogP contribution in [0.4, 0.5) is 0 Å². The SMILES string of the molecule is CC(C)(Cl)C(C)([SiH3])C(=O)O. The smallest absolute Gasteiger partial charge is 0.307 e. The third-order valence-electron chi connectivity index (χ3n) is 2.02. The summed E-state index contributed by atoms with van der Waals surface area (Å²) in [4.78, 5) is 9.97. The van der Waals surface area contributed by atoms with Crippen molar-refractivity contribution in [2.75, 3.05) is 0 Å². The first-order valence-corrected chi connectivity index (χ1v) is 4.49. The topological polar surface area (TPSA) is 37.3 Å². The summed E-state index contributed by atoms with van der Waals surface area (Å²) in [5.74, 6) is -0.806. The first-order valence-electron chi connectivity index (χ1n) is 3.12. The molecule has 1 N–H and O–H groups in total. The molecule has 2 nitrogen and oxygen atoms in total. The van der Waals surface area contributed by atoms with Crippen molar-refractivity contribution in [3.05, 3.63) is 0 Å². The average Bonchev–Trinajstić information content (AvgIpc) is 1.62. The Morgan fingerprint density at radius 1 is 1.50 bits per heavy atom. The number of alkyl halides is 1. The van der Waals surface area contributed by atoms with Crippen molar-refractivity contribution in [1.29, 1.82) is 0 Å². The fourth-order valence-corrected chi connectivity index (χ4v) is 0.335. The lowest BCUT2D eigenvalue weighted by molar-refractivity contribution is -0.140. The highest BCUT2D eigenvalue weighted by molar-refractivity contribution is 6.37. The van der Waals surface area contributed by atoms with Crippen molar-refractivity contribution in [3.63, 3.8) is 0 Å². The molecule has 10 heavy (non-hydrogen) atoms.